The molecule has 0 saturated carbocycles. The molecular weight excluding hydrogens is 128 g/mol. The molecule has 0 fully saturated rings. The van der Waals surface area contributed by atoms with Crippen LogP contribution in [0.4, 0.5) is 0 Å². The highest BCUT2D eigenvalue weighted by molar-refractivity contribution is 8.69. The van der Waals surface area contributed by atoms with Gasteiger partial charge in [0.2, 0.25) is 0 Å². The van der Waals surface area contributed by atoms with Crippen LogP contribution < -0.4 is 0 Å². The summed E-state index contributed by atoms with van der Waals surface area (Å²) in [6, 6.07) is 0. The van der Waals surface area contributed by atoms with Crippen molar-refractivity contribution in [2.45, 2.75) is 4.87 Å². The number of hydrogen-bond acceptors (Lipinski definition) is 2. The molecule has 0 aliphatic heterocycles. The lowest BCUT2D eigenvalue weighted by molar-refractivity contribution is 1.67. The Labute approximate surface area is 50.6 Å². The molecule has 0 N–H and O–H groups in total. The van der Waals surface area contributed by atoms with Gasteiger partial charge in [-0.1, -0.05) is 16.9 Å². The molecule has 0 aromatic carbocycles. The third-order valence-corrected chi connectivity index (χ3v) is 4.39. The molecule has 0 radical (unpaired) electrons. The van der Waals surface area contributed by atoms with Crippen LogP contribution in [0.2, 0.25) is 0 Å². The lowest BCUT2D eigenvalue weighted by Crippen LogP contribution is -1.89. The minimum atomic E-state index is 0.619. The van der Waals surface area contributed by atoms with Crippen LogP contribution in [-0.4, -0.2) is 15.1 Å². The van der Waals surface area contributed by atoms with Gasteiger partial charge < -0.3 is 0 Å². The summed E-state index contributed by atoms with van der Waals surface area (Å²) < 4.78 is 0. The van der Waals surface area contributed by atoms with Crippen LogP contribution in [0.5, 0.6) is 0 Å². The molecule has 36 valence electrons. The molecule has 1 unspecified atom stereocenters. The summed E-state index contributed by atoms with van der Waals surface area (Å²) >= 11 is 3.98. The maximum Gasteiger partial charge on any atom is 0.0252 e. The summed E-state index contributed by atoms with van der Waals surface area (Å²) in [6.07, 6.45) is 1.92. The Bertz CT molecular complexity index is 46.1. The highest BCUT2D eigenvalue weighted by Crippen LogP contribution is 2.10. The Balaban J connectivity index is 2.96. The van der Waals surface area contributed by atoms with Crippen LogP contribution in [0.25, 0.3) is 0 Å². The van der Waals surface area contributed by atoms with Crippen molar-refractivity contribution in [3.63, 3.8) is 0 Å². The van der Waals surface area contributed by atoms with E-state index < -0.39 is 0 Å². The molecule has 0 bridgehead atoms. The monoisotopic (exact) mass is 136 g/mol. The summed E-state index contributed by atoms with van der Waals surface area (Å²) in [7, 11) is 2.72. The Morgan fingerprint density at radius 1 is 2.00 bits per heavy atom. The van der Waals surface area contributed by atoms with Crippen LogP contribution in [-0.2, 0) is 0 Å². The zero-order valence-corrected chi connectivity index (χ0v) is 7.43. The average Bonchev–Trinajstić information content (AvgIpc) is 1.65. The third kappa shape index (κ3) is 2.87. The van der Waals surface area contributed by atoms with E-state index in [2.05, 4.69) is 18.2 Å². The quantitative estimate of drug-likeness (QED) is 0.249. The first-order chi connectivity index (χ1) is 2.81. The maximum atomic E-state index is 3.98. The molecule has 0 aliphatic carbocycles. The van der Waals surface area contributed by atoms with Crippen molar-refractivity contribution in [1.29, 1.82) is 0 Å². The standard InChI is InChI=1S/C3H8S2Si/c1-2-3(6)5-4/h2-4H,1H2,6H3. The fourth-order valence-electron chi connectivity index (χ4n) is 0.0430. The molecule has 0 aliphatic rings. The van der Waals surface area contributed by atoms with E-state index in [4.69, 9.17) is 0 Å². The van der Waals surface area contributed by atoms with Gasteiger partial charge in [0.25, 0.3) is 0 Å². The lowest BCUT2D eigenvalue weighted by Gasteiger charge is -1.92. The highest BCUT2D eigenvalue weighted by Gasteiger charge is 1.86. The molecule has 0 heterocycles. The summed E-state index contributed by atoms with van der Waals surface area (Å²) in [4.78, 5) is 0.619. The van der Waals surface area contributed by atoms with Crippen molar-refractivity contribution in [2.24, 2.45) is 0 Å². The second-order valence-electron chi connectivity index (χ2n) is 1.05. The Hall–Kier alpha value is 0.657. The first kappa shape index (κ1) is 6.66. The van der Waals surface area contributed by atoms with Crippen LogP contribution >= 0.6 is 22.5 Å². The van der Waals surface area contributed by atoms with E-state index >= 15 is 0 Å². The van der Waals surface area contributed by atoms with Gasteiger partial charge in [-0.2, -0.15) is 0 Å². The zero-order valence-electron chi connectivity index (χ0n) is 3.72. The molecule has 6 heavy (non-hydrogen) atoms. The summed E-state index contributed by atoms with van der Waals surface area (Å²) in [5.41, 5.74) is 0. The third-order valence-electron chi connectivity index (χ3n) is 0.498. The molecule has 1 atom stereocenters. The zero-order chi connectivity index (χ0) is 4.99. The summed E-state index contributed by atoms with van der Waals surface area (Å²) in [5, 5.41) is 0. The van der Waals surface area contributed by atoms with E-state index in [1.54, 1.807) is 10.8 Å². The Morgan fingerprint density at radius 2 is 2.50 bits per heavy atom. The Morgan fingerprint density at radius 3 is 2.50 bits per heavy atom. The second-order valence-corrected chi connectivity index (χ2v) is 4.71. The topological polar surface area (TPSA) is 0 Å². The molecular formula is C3H8S2Si. The van der Waals surface area contributed by atoms with Gasteiger partial charge in [-0.05, 0) is 0 Å². The van der Waals surface area contributed by atoms with Gasteiger partial charge in [-0.3, -0.25) is 0 Å². The van der Waals surface area contributed by atoms with E-state index in [1.807, 2.05) is 6.08 Å². The highest BCUT2D eigenvalue weighted by atomic mass is 33.1. The number of thiol groups is 1. The summed E-state index contributed by atoms with van der Waals surface area (Å²) in [5.74, 6) is 0. The van der Waals surface area contributed by atoms with Crippen molar-refractivity contribution in [2.75, 3.05) is 0 Å². The van der Waals surface area contributed by atoms with Crippen molar-refractivity contribution >= 4 is 32.7 Å². The van der Waals surface area contributed by atoms with Gasteiger partial charge in [0.15, 0.2) is 0 Å². The molecule has 0 rings (SSSR count). The number of hydrogen-bond donors (Lipinski definition) is 1. The van der Waals surface area contributed by atoms with Crippen molar-refractivity contribution in [1.82, 2.24) is 0 Å². The largest absolute Gasteiger partial charge is 0.111 e. The van der Waals surface area contributed by atoms with Crippen molar-refractivity contribution < 1.29 is 0 Å². The van der Waals surface area contributed by atoms with Gasteiger partial charge in [-0.25, -0.2) is 0 Å². The van der Waals surface area contributed by atoms with E-state index in [9.17, 15) is 0 Å². The first-order valence-electron chi connectivity index (χ1n) is 1.74. The molecule has 0 amide bonds. The van der Waals surface area contributed by atoms with Crippen LogP contribution in [0.1, 0.15) is 0 Å². The molecule has 3 heteroatoms. The van der Waals surface area contributed by atoms with E-state index in [0.717, 1.165) is 10.2 Å². The second kappa shape index (κ2) is 3.83. The van der Waals surface area contributed by atoms with E-state index in [1.165, 1.54) is 0 Å². The molecule has 0 aromatic heterocycles. The first-order valence-corrected chi connectivity index (χ1v) is 4.82. The fraction of sp³-hybridized carbons (Fsp3) is 0.333. The maximum absolute atomic E-state index is 3.98. The predicted molar refractivity (Wildman–Crippen MR) is 40.5 cm³/mol. The Kier molecular flexibility index (Phi) is 4.25. The molecule has 0 aromatic rings. The van der Waals surface area contributed by atoms with E-state index in [-0.39, 0.29) is 0 Å². The fourth-order valence-corrected chi connectivity index (χ4v) is 0.387. The number of rotatable bonds is 2. The van der Waals surface area contributed by atoms with Gasteiger partial charge in [-0.15, -0.1) is 18.2 Å². The SMILES string of the molecule is C=CC([SiH3])SS. The minimum Gasteiger partial charge on any atom is -0.111 e. The molecule has 0 nitrogen and oxygen atoms in total. The van der Waals surface area contributed by atoms with Crippen molar-refractivity contribution in [3.05, 3.63) is 12.7 Å². The van der Waals surface area contributed by atoms with Gasteiger partial charge in [0.05, 0.1) is 0 Å². The summed E-state index contributed by atoms with van der Waals surface area (Å²) in [6.45, 7) is 3.60. The van der Waals surface area contributed by atoms with Gasteiger partial charge in [0, 0.05) is 15.1 Å². The molecule has 0 saturated heterocycles. The van der Waals surface area contributed by atoms with Crippen molar-refractivity contribution in [3.8, 4) is 0 Å². The lowest BCUT2D eigenvalue weighted by atomic mass is 10.8. The predicted octanol–water partition coefficient (Wildman–Crippen LogP) is 0.442. The normalized spacial score (nSPS) is 14.2. The minimum absolute atomic E-state index is 0.619. The van der Waals surface area contributed by atoms with Crippen LogP contribution in [0, 0.1) is 0 Å². The van der Waals surface area contributed by atoms with Gasteiger partial charge >= 0.3 is 0 Å². The smallest absolute Gasteiger partial charge is 0.0252 e. The molecule has 0 spiro atoms. The van der Waals surface area contributed by atoms with E-state index in [0.29, 0.717) is 4.87 Å². The van der Waals surface area contributed by atoms with Gasteiger partial charge in [0.1, 0.15) is 0 Å². The van der Waals surface area contributed by atoms with Crippen LogP contribution in [0.15, 0.2) is 12.7 Å². The van der Waals surface area contributed by atoms with Crippen LogP contribution in [0.3, 0.4) is 0 Å². The average molecular weight is 136 g/mol.